The third kappa shape index (κ3) is 4.48. The van der Waals surface area contributed by atoms with Crippen molar-refractivity contribution in [3.63, 3.8) is 0 Å². The van der Waals surface area contributed by atoms with Crippen molar-refractivity contribution in [2.45, 2.75) is 24.2 Å². The van der Waals surface area contributed by atoms with E-state index in [9.17, 15) is 4.79 Å². The molecule has 1 atom stereocenters. The second-order valence-corrected chi connectivity index (χ2v) is 7.53. The number of pyridine rings is 1. The van der Waals surface area contributed by atoms with Gasteiger partial charge in [-0.1, -0.05) is 36.0 Å². The molecular formula is C21H21N5O2S. The SMILES string of the molecule is C=CCn1c(SCC(=O)NCC2Cc3ccccc3O2)nnc1-c1ccncc1. The molecule has 1 unspecified atom stereocenters. The zero-order valence-electron chi connectivity index (χ0n) is 15.8. The average molecular weight is 407 g/mol. The number of rotatable bonds is 8. The van der Waals surface area contributed by atoms with Crippen molar-refractivity contribution in [1.29, 1.82) is 0 Å². The van der Waals surface area contributed by atoms with E-state index in [0.29, 0.717) is 18.2 Å². The maximum atomic E-state index is 12.3. The first kappa shape index (κ1) is 19.2. The smallest absolute Gasteiger partial charge is 0.230 e. The van der Waals surface area contributed by atoms with Crippen LogP contribution in [0.4, 0.5) is 0 Å². The molecule has 1 aromatic carbocycles. The lowest BCUT2D eigenvalue weighted by molar-refractivity contribution is -0.118. The van der Waals surface area contributed by atoms with E-state index in [1.165, 1.54) is 17.3 Å². The van der Waals surface area contributed by atoms with Gasteiger partial charge in [0.05, 0.1) is 12.3 Å². The second-order valence-electron chi connectivity index (χ2n) is 6.59. The molecule has 2 aromatic heterocycles. The zero-order valence-corrected chi connectivity index (χ0v) is 16.6. The number of carbonyl (C=O) groups is 1. The molecule has 1 aliphatic heterocycles. The van der Waals surface area contributed by atoms with Gasteiger partial charge < -0.3 is 10.1 Å². The Kier molecular flexibility index (Phi) is 5.90. The molecule has 0 fully saturated rings. The molecule has 0 bridgehead atoms. The number of allylic oxidation sites excluding steroid dienone is 1. The van der Waals surface area contributed by atoms with Gasteiger partial charge in [-0.15, -0.1) is 16.8 Å². The Morgan fingerprint density at radius 1 is 1.28 bits per heavy atom. The number of ether oxygens (including phenoxy) is 1. The molecule has 3 heterocycles. The van der Waals surface area contributed by atoms with Gasteiger partial charge in [0, 0.05) is 30.9 Å². The van der Waals surface area contributed by atoms with Gasteiger partial charge in [0.2, 0.25) is 5.91 Å². The topological polar surface area (TPSA) is 81.9 Å². The van der Waals surface area contributed by atoms with Crippen LogP contribution < -0.4 is 10.1 Å². The molecule has 0 radical (unpaired) electrons. The van der Waals surface area contributed by atoms with E-state index < -0.39 is 0 Å². The van der Waals surface area contributed by atoms with Gasteiger partial charge in [-0.2, -0.15) is 0 Å². The van der Waals surface area contributed by atoms with Gasteiger partial charge >= 0.3 is 0 Å². The molecule has 0 saturated heterocycles. The lowest BCUT2D eigenvalue weighted by atomic mass is 10.1. The number of nitrogens with zero attached hydrogens (tertiary/aromatic N) is 4. The maximum Gasteiger partial charge on any atom is 0.230 e. The van der Waals surface area contributed by atoms with E-state index in [1.807, 2.05) is 34.9 Å². The van der Waals surface area contributed by atoms with E-state index in [2.05, 4.69) is 33.1 Å². The first-order valence-corrected chi connectivity index (χ1v) is 10.3. The van der Waals surface area contributed by atoms with Gasteiger partial charge in [-0.05, 0) is 23.8 Å². The highest BCUT2D eigenvalue weighted by molar-refractivity contribution is 7.99. The molecule has 3 aromatic rings. The molecule has 0 aliphatic carbocycles. The fraction of sp³-hybridized carbons (Fsp3) is 0.238. The number of nitrogens with one attached hydrogen (secondary N) is 1. The minimum absolute atomic E-state index is 0.0240. The molecule has 29 heavy (non-hydrogen) atoms. The highest BCUT2D eigenvalue weighted by Gasteiger charge is 2.23. The van der Waals surface area contributed by atoms with Crippen LogP contribution in [0.15, 0.2) is 66.6 Å². The predicted molar refractivity (Wildman–Crippen MR) is 112 cm³/mol. The third-order valence-corrected chi connectivity index (χ3v) is 5.51. The Labute approximate surface area is 173 Å². The van der Waals surface area contributed by atoms with Crippen LogP contribution in [0.1, 0.15) is 5.56 Å². The van der Waals surface area contributed by atoms with Crippen molar-refractivity contribution < 1.29 is 9.53 Å². The fourth-order valence-electron chi connectivity index (χ4n) is 3.18. The van der Waals surface area contributed by atoms with Crippen LogP contribution in [0.3, 0.4) is 0 Å². The van der Waals surface area contributed by atoms with Crippen molar-refractivity contribution in [3.05, 3.63) is 67.0 Å². The maximum absolute atomic E-state index is 12.3. The lowest BCUT2D eigenvalue weighted by Gasteiger charge is -2.12. The number of aromatic nitrogens is 4. The number of hydrogen-bond donors (Lipinski definition) is 1. The number of benzene rings is 1. The fourth-order valence-corrected chi connectivity index (χ4v) is 3.96. The van der Waals surface area contributed by atoms with E-state index in [1.54, 1.807) is 18.5 Å². The number of fused-ring (bicyclic) bond motifs is 1. The van der Waals surface area contributed by atoms with Crippen LogP contribution in [0, 0.1) is 0 Å². The molecule has 1 amide bonds. The monoisotopic (exact) mass is 407 g/mol. The van der Waals surface area contributed by atoms with Crippen LogP contribution in [0.2, 0.25) is 0 Å². The number of thioether (sulfide) groups is 1. The van der Waals surface area contributed by atoms with Crippen LogP contribution >= 0.6 is 11.8 Å². The summed E-state index contributed by atoms with van der Waals surface area (Å²) in [4.78, 5) is 16.4. The minimum atomic E-state index is -0.0619. The molecule has 4 rings (SSSR count). The van der Waals surface area contributed by atoms with Crippen LogP contribution in [0.25, 0.3) is 11.4 Å². The normalized spacial score (nSPS) is 14.8. The number of carbonyl (C=O) groups excluding carboxylic acids is 1. The van der Waals surface area contributed by atoms with Gasteiger partial charge in [-0.25, -0.2) is 0 Å². The molecule has 148 valence electrons. The standard InChI is InChI=1S/C21H21N5O2S/c1-2-11-26-20(15-7-9-22-10-8-15)24-25-21(26)29-14-19(27)23-13-17-12-16-5-3-4-6-18(16)28-17/h2-10,17H,1,11-14H2,(H,23,27). The van der Waals surface area contributed by atoms with Crippen molar-refractivity contribution >= 4 is 17.7 Å². The summed E-state index contributed by atoms with van der Waals surface area (Å²) in [5.74, 6) is 1.83. The Hall–Kier alpha value is -3.13. The molecule has 8 heteroatoms. The Morgan fingerprint density at radius 3 is 2.90 bits per heavy atom. The molecule has 1 N–H and O–H groups in total. The molecule has 0 spiro atoms. The number of amides is 1. The summed E-state index contributed by atoms with van der Waals surface area (Å²) in [7, 11) is 0. The highest BCUT2D eigenvalue weighted by atomic mass is 32.2. The largest absolute Gasteiger partial charge is 0.488 e. The molecule has 1 aliphatic rings. The Morgan fingerprint density at radius 2 is 2.10 bits per heavy atom. The molecule has 0 saturated carbocycles. The van der Waals surface area contributed by atoms with Crippen molar-refractivity contribution in [1.82, 2.24) is 25.1 Å². The summed E-state index contributed by atoms with van der Waals surface area (Å²) in [6.07, 6.45) is 6.00. The lowest BCUT2D eigenvalue weighted by Crippen LogP contribution is -2.35. The average Bonchev–Trinajstić information content (AvgIpc) is 3.35. The summed E-state index contributed by atoms with van der Waals surface area (Å²) in [6.45, 7) is 4.85. The van der Waals surface area contributed by atoms with E-state index in [0.717, 1.165) is 23.6 Å². The number of hydrogen-bond acceptors (Lipinski definition) is 6. The quantitative estimate of drug-likeness (QED) is 0.457. The first-order chi connectivity index (χ1) is 14.2. The van der Waals surface area contributed by atoms with Crippen LogP contribution in [-0.2, 0) is 17.8 Å². The van der Waals surface area contributed by atoms with Gasteiger partial charge in [-0.3, -0.25) is 14.3 Å². The van der Waals surface area contributed by atoms with E-state index in [4.69, 9.17) is 4.74 Å². The Balaban J connectivity index is 1.32. The summed E-state index contributed by atoms with van der Waals surface area (Å²) in [5.41, 5.74) is 2.10. The van der Waals surface area contributed by atoms with Crippen LogP contribution in [0.5, 0.6) is 5.75 Å². The molecular weight excluding hydrogens is 386 g/mol. The Bertz CT molecular complexity index is 980. The minimum Gasteiger partial charge on any atom is -0.488 e. The second kappa shape index (κ2) is 8.91. The molecule has 7 nitrogen and oxygen atoms in total. The van der Waals surface area contributed by atoms with Crippen molar-refractivity contribution in [3.8, 4) is 17.1 Å². The summed E-state index contributed by atoms with van der Waals surface area (Å²) >= 11 is 1.35. The van der Waals surface area contributed by atoms with E-state index >= 15 is 0 Å². The van der Waals surface area contributed by atoms with Gasteiger partial charge in [0.25, 0.3) is 0 Å². The van der Waals surface area contributed by atoms with Gasteiger partial charge in [0.15, 0.2) is 11.0 Å². The van der Waals surface area contributed by atoms with Crippen molar-refractivity contribution in [2.24, 2.45) is 0 Å². The zero-order chi connectivity index (χ0) is 20.1. The van der Waals surface area contributed by atoms with Crippen LogP contribution in [-0.4, -0.2) is 44.1 Å². The highest BCUT2D eigenvalue weighted by Crippen LogP contribution is 2.28. The first-order valence-electron chi connectivity index (χ1n) is 9.33. The summed E-state index contributed by atoms with van der Waals surface area (Å²) in [5, 5.41) is 12.2. The third-order valence-electron chi connectivity index (χ3n) is 4.54. The number of para-hydroxylation sites is 1. The summed E-state index contributed by atoms with van der Waals surface area (Å²) in [6, 6.07) is 11.7. The van der Waals surface area contributed by atoms with Gasteiger partial charge in [0.1, 0.15) is 11.9 Å². The van der Waals surface area contributed by atoms with Crippen molar-refractivity contribution in [2.75, 3.05) is 12.3 Å². The van der Waals surface area contributed by atoms with E-state index in [-0.39, 0.29) is 17.8 Å². The summed E-state index contributed by atoms with van der Waals surface area (Å²) < 4.78 is 7.80. The predicted octanol–water partition coefficient (Wildman–Crippen LogP) is 2.74.